The minimum atomic E-state index is -0.0557. The Bertz CT molecular complexity index is 349. The first-order valence-electron chi connectivity index (χ1n) is 6.33. The molecule has 1 amide bonds. The summed E-state index contributed by atoms with van der Waals surface area (Å²) >= 11 is 0. The molecular formula is C14H21NO3. The number of aryl methyl sites for hydroxylation is 1. The van der Waals surface area contributed by atoms with Crippen molar-refractivity contribution in [2.75, 3.05) is 26.4 Å². The molecule has 18 heavy (non-hydrogen) atoms. The molecule has 0 bridgehead atoms. The number of ether oxygens (including phenoxy) is 1. The molecule has 1 aromatic rings. The van der Waals surface area contributed by atoms with E-state index in [0.717, 1.165) is 12.8 Å². The van der Waals surface area contributed by atoms with Crippen molar-refractivity contribution in [2.45, 2.75) is 19.8 Å². The van der Waals surface area contributed by atoms with Gasteiger partial charge in [0.15, 0.2) is 0 Å². The van der Waals surface area contributed by atoms with Gasteiger partial charge in [-0.2, -0.15) is 0 Å². The standard InChI is InChI=1S/C14H21NO3/c1-2-12-4-6-13(7-5-12)14(17)15-8-3-10-18-11-9-16/h4-7,16H,2-3,8-11H2,1H3,(H,15,17). The van der Waals surface area contributed by atoms with E-state index in [1.165, 1.54) is 5.56 Å². The molecule has 0 spiro atoms. The van der Waals surface area contributed by atoms with E-state index in [1.54, 1.807) is 0 Å². The SMILES string of the molecule is CCc1ccc(C(=O)NCCCOCCO)cc1. The van der Waals surface area contributed by atoms with Crippen LogP contribution in [0, 0.1) is 0 Å². The van der Waals surface area contributed by atoms with Gasteiger partial charge in [-0.25, -0.2) is 0 Å². The molecule has 0 saturated carbocycles. The molecule has 0 saturated heterocycles. The van der Waals surface area contributed by atoms with Crippen LogP contribution in [0.15, 0.2) is 24.3 Å². The van der Waals surface area contributed by atoms with Crippen LogP contribution in [0.5, 0.6) is 0 Å². The molecule has 4 heteroatoms. The molecule has 100 valence electrons. The van der Waals surface area contributed by atoms with Gasteiger partial charge in [0.2, 0.25) is 0 Å². The van der Waals surface area contributed by atoms with Gasteiger partial charge in [0, 0.05) is 18.7 Å². The summed E-state index contributed by atoms with van der Waals surface area (Å²) in [6.45, 7) is 3.61. The molecule has 0 aliphatic carbocycles. The Morgan fingerprint density at radius 2 is 2.00 bits per heavy atom. The number of amides is 1. The maximum Gasteiger partial charge on any atom is 0.251 e. The second kappa shape index (κ2) is 8.66. The van der Waals surface area contributed by atoms with Crippen LogP contribution in [0.25, 0.3) is 0 Å². The number of hydrogen-bond donors (Lipinski definition) is 2. The summed E-state index contributed by atoms with van der Waals surface area (Å²) in [7, 11) is 0. The lowest BCUT2D eigenvalue weighted by Gasteiger charge is -2.06. The van der Waals surface area contributed by atoms with Crippen molar-refractivity contribution in [3.8, 4) is 0 Å². The van der Waals surface area contributed by atoms with Crippen LogP contribution < -0.4 is 5.32 Å². The quantitative estimate of drug-likeness (QED) is 0.686. The molecule has 1 aromatic carbocycles. The number of carbonyl (C=O) groups is 1. The third kappa shape index (κ3) is 5.29. The maximum atomic E-state index is 11.7. The van der Waals surface area contributed by atoms with Crippen molar-refractivity contribution in [3.63, 3.8) is 0 Å². The van der Waals surface area contributed by atoms with Crippen molar-refractivity contribution in [1.29, 1.82) is 0 Å². The van der Waals surface area contributed by atoms with Gasteiger partial charge in [0.05, 0.1) is 13.2 Å². The largest absolute Gasteiger partial charge is 0.394 e. The van der Waals surface area contributed by atoms with E-state index in [-0.39, 0.29) is 12.5 Å². The molecule has 0 radical (unpaired) electrons. The Kier molecular flexibility index (Phi) is 7.06. The lowest BCUT2D eigenvalue weighted by atomic mass is 10.1. The van der Waals surface area contributed by atoms with Crippen LogP contribution in [-0.4, -0.2) is 37.4 Å². The molecule has 0 heterocycles. The predicted molar refractivity (Wildman–Crippen MR) is 70.7 cm³/mol. The van der Waals surface area contributed by atoms with E-state index in [1.807, 2.05) is 24.3 Å². The van der Waals surface area contributed by atoms with Crippen LogP contribution in [0.3, 0.4) is 0 Å². The summed E-state index contributed by atoms with van der Waals surface area (Å²) < 4.78 is 5.10. The van der Waals surface area contributed by atoms with Crippen LogP contribution in [0.1, 0.15) is 29.3 Å². The van der Waals surface area contributed by atoms with Gasteiger partial charge >= 0.3 is 0 Å². The smallest absolute Gasteiger partial charge is 0.251 e. The molecule has 1 rings (SSSR count). The predicted octanol–water partition coefficient (Wildman–Crippen LogP) is 1.38. The minimum absolute atomic E-state index is 0.0378. The Morgan fingerprint density at radius 3 is 2.61 bits per heavy atom. The maximum absolute atomic E-state index is 11.7. The van der Waals surface area contributed by atoms with Crippen LogP contribution in [0.4, 0.5) is 0 Å². The van der Waals surface area contributed by atoms with Crippen molar-refractivity contribution < 1.29 is 14.6 Å². The van der Waals surface area contributed by atoms with Crippen LogP contribution in [-0.2, 0) is 11.2 Å². The monoisotopic (exact) mass is 251 g/mol. The van der Waals surface area contributed by atoms with E-state index >= 15 is 0 Å². The highest BCUT2D eigenvalue weighted by molar-refractivity contribution is 5.94. The lowest BCUT2D eigenvalue weighted by Crippen LogP contribution is -2.25. The van der Waals surface area contributed by atoms with Crippen LogP contribution >= 0.6 is 0 Å². The number of carbonyl (C=O) groups excluding carboxylic acids is 1. The molecule has 0 fully saturated rings. The molecule has 2 N–H and O–H groups in total. The first-order chi connectivity index (χ1) is 8.77. The van der Waals surface area contributed by atoms with Gasteiger partial charge in [-0.15, -0.1) is 0 Å². The molecule has 4 nitrogen and oxygen atoms in total. The Labute approximate surface area is 108 Å². The minimum Gasteiger partial charge on any atom is -0.394 e. The summed E-state index contributed by atoms with van der Waals surface area (Å²) in [5.74, 6) is -0.0557. The number of benzene rings is 1. The summed E-state index contributed by atoms with van der Waals surface area (Å²) in [5.41, 5.74) is 1.91. The summed E-state index contributed by atoms with van der Waals surface area (Å²) in [6.07, 6.45) is 1.73. The number of aliphatic hydroxyl groups excluding tert-OH is 1. The normalized spacial score (nSPS) is 10.3. The van der Waals surface area contributed by atoms with E-state index < -0.39 is 0 Å². The van der Waals surface area contributed by atoms with E-state index in [9.17, 15) is 4.79 Å². The van der Waals surface area contributed by atoms with Crippen molar-refractivity contribution >= 4 is 5.91 Å². The lowest BCUT2D eigenvalue weighted by molar-refractivity contribution is 0.0867. The van der Waals surface area contributed by atoms with E-state index in [0.29, 0.717) is 25.3 Å². The van der Waals surface area contributed by atoms with E-state index in [2.05, 4.69) is 12.2 Å². The highest BCUT2D eigenvalue weighted by atomic mass is 16.5. The fraction of sp³-hybridized carbons (Fsp3) is 0.500. The average molecular weight is 251 g/mol. The van der Waals surface area contributed by atoms with Gasteiger partial charge in [-0.05, 0) is 30.5 Å². The third-order valence-electron chi connectivity index (χ3n) is 2.61. The molecule has 0 aliphatic heterocycles. The van der Waals surface area contributed by atoms with Gasteiger partial charge in [0.1, 0.15) is 0 Å². The number of rotatable bonds is 8. The number of nitrogens with one attached hydrogen (secondary N) is 1. The van der Waals surface area contributed by atoms with Gasteiger partial charge < -0.3 is 15.2 Å². The van der Waals surface area contributed by atoms with Crippen molar-refractivity contribution in [2.24, 2.45) is 0 Å². The Morgan fingerprint density at radius 1 is 1.28 bits per heavy atom. The highest BCUT2D eigenvalue weighted by Crippen LogP contribution is 2.04. The zero-order chi connectivity index (χ0) is 13.2. The fourth-order valence-electron chi connectivity index (χ4n) is 1.54. The van der Waals surface area contributed by atoms with E-state index in [4.69, 9.17) is 9.84 Å². The molecule has 0 aromatic heterocycles. The summed E-state index contributed by atoms with van der Waals surface area (Å²) in [5, 5.41) is 11.3. The van der Waals surface area contributed by atoms with Crippen molar-refractivity contribution in [1.82, 2.24) is 5.32 Å². The molecular weight excluding hydrogens is 230 g/mol. The first-order valence-corrected chi connectivity index (χ1v) is 6.33. The Hall–Kier alpha value is -1.39. The summed E-state index contributed by atoms with van der Waals surface area (Å²) in [6, 6.07) is 7.63. The molecule has 0 aliphatic rings. The number of hydrogen-bond acceptors (Lipinski definition) is 3. The second-order valence-electron chi connectivity index (χ2n) is 4.00. The van der Waals surface area contributed by atoms with Gasteiger partial charge in [0.25, 0.3) is 5.91 Å². The Balaban J connectivity index is 2.23. The van der Waals surface area contributed by atoms with Gasteiger partial charge in [-0.3, -0.25) is 4.79 Å². The highest BCUT2D eigenvalue weighted by Gasteiger charge is 2.03. The summed E-state index contributed by atoms with van der Waals surface area (Å²) in [4.78, 5) is 11.7. The zero-order valence-electron chi connectivity index (χ0n) is 10.8. The zero-order valence-corrected chi connectivity index (χ0v) is 10.8. The topological polar surface area (TPSA) is 58.6 Å². The molecule has 0 unspecified atom stereocenters. The second-order valence-corrected chi connectivity index (χ2v) is 4.00. The number of aliphatic hydroxyl groups is 1. The van der Waals surface area contributed by atoms with Crippen LogP contribution in [0.2, 0.25) is 0 Å². The average Bonchev–Trinajstić information content (AvgIpc) is 2.42. The van der Waals surface area contributed by atoms with Gasteiger partial charge in [-0.1, -0.05) is 19.1 Å². The molecule has 0 atom stereocenters. The fourth-order valence-corrected chi connectivity index (χ4v) is 1.54. The third-order valence-corrected chi connectivity index (χ3v) is 2.61. The first kappa shape index (κ1) is 14.7. The van der Waals surface area contributed by atoms with Crippen molar-refractivity contribution in [3.05, 3.63) is 35.4 Å².